The number of hydrogen-bond acceptors (Lipinski definition) is 4. The third-order valence-electron chi connectivity index (χ3n) is 2.33. The lowest BCUT2D eigenvalue weighted by Crippen LogP contribution is -2.36. The van der Waals surface area contributed by atoms with Crippen LogP contribution < -0.4 is 0 Å². The van der Waals surface area contributed by atoms with E-state index in [1.165, 1.54) is 0 Å². The van der Waals surface area contributed by atoms with Crippen LogP contribution in [0.25, 0.3) is 0 Å². The second-order valence-corrected chi connectivity index (χ2v) is 3.22. The molecule has 0 N–H and O–H groups in total. The zero-order valence-electron chi connectivity index (χ0n) is 8.06. The van der Waals surface area contributed by atoms with Crippen LogP contribution in [0.4, 0.5) is 0 Å². The molecule has 4 nitrogen and oxygen atoms in total. The standard InChI is InChI=1S/C9H16O4/c1-3-10-9(11-4-2)8-7-6(13-7)5-12-8/h6-9H,3-5H2,1-2H3/t6-,7-,8+/m1/s1. The summed E-state index contributed by atoms with van der Waals surface area (Å²) in [5, 5.41) is 0. The van der Waals surface area contributed by atoms with E-state index < -0.39 is 0 Å². The Kier molecular flexibility index (Phi) is 2.83. The van der Waals surface area contributed by atoms with Crippen molar-refractivity contribution in [2.24, 2.45) is 0 Å². The molecule has 0 aromatic carbocycles. The van der Waals surface area contributed by atoms with Crippen molar-refractivity contribution in [1.29, 1.82) is 0 Å². The third-order valence-corrected chi connectivity index (χ3v) is 2.33. The summed E-state index contributed by atoms with van der Waals surface area (Å²) >= 11 is 0. The van der Waals surface area contributed by atoms with Gasteiger partial charge >= 0.3 is 0 Å². The maximum Gasteiger partial charge on any atom is 0.186 e. The summed E-state index contributed by atoms with van der Waals surface area (Å²) in [5.74, 6) is 0. The van der Waals surface area contributed by atoms with Gasteiger partial charge in [-0.2, -0.15) is 0 Å². The fourth-order valence-corrected chi connectivity index (χ4v) is 1.68. The molecule has 4 heteroatoms. The van der Waals surface area contributed by atoms with E-state index in [0.29, 0.717) is 25.9 Å². The molecule has 2 heterocycles. The van der Waals surface area contributed by atoms with Crippen molar-refractivity contribution in [3.63, 3.8) is 0 Å². The van der Waals surface area contributed by atoms with Gasteiger partial charge in [0.1, 0.15) is 18.3 Å². The van der Waals surface area contributed by atoms with Crippen LogP contribution in [0.3, 0.4) is 0 Å². The van der Waals surface area contributed by atoms with Crippen LogP contribution in [0, 0.1) is 0 Å². The van der Waals surface area contributed by atoms with Crippen molar-refractivity contribution in [2.45, 2.75) is 38.4 Å². The molecule has 13 heavy (non-hydrogen) atoms. The van der Waals surface area contributed by atoms with Crippen LogP contribution in [0.15, 0.2) is 0 Å². The Morgan fingerprint density at radius 1 is 1.31 bits per heavy atom. The molecule has 0 unspecified atom stereocenters. The van der Waals surface area contributed by atoms with E-state index in [1.54, 1.807) is 0 Å². The zero-order valence-corrected chi connectivity index (χ0v) is 8.06. The van der Waals surface area contributed by atoms with Crippen molar-refractivity contribution in [3.05, 3.63) is 0 Å². The lowest BCUT2D eigenvalue weighted by molar-refractivity contribution is -0.204. The van der Waals surface area contributed by atoms with Gasteiger partial charge in [-0.15, -0.1) is 0 Å². The van der Waals surface area contributed by atoms with Gasteiger partial charge in [-0.1, -0.05) is 0 Å². The average Bonchev–Trinajstić information content (AvgIpc) is 2.78. The van der Waals surface area contributed by atoms with Crippen molar-refractivity contribution in [3.8, 4) is 0 Å². The molecule has 0 saturated carbocycles. The highest BCUT2D eigenvalue weighted by Gasteiger charge is 2.55. The molecule has 0 aliphatic carbocycles. The van der Waals surface area contributed by atoms with Crippen LogP contribution in [0.2, 0.25) is 0 Å². The minimum atomic E-state index is -0.257. The number of fused-ring (bicyclic) bond motifs is 1. The SMILES string of the molecule is CCOC(OCC)[C@H]1OC[C@H]2O[C@@H]12. The Morgan fingerprint density at radius 3 is 2.38 bits per heavy atom. The Balaban J connectivity index is 1.86. The van der Waals surface area contributed by atoms with Gasteiger partial charge in [-0.3, -0.25) is 0 Å². The molecule has 2 saturated heterocycles. The van der Waals surface area contributed by atoms with Gasteiger partial charge in [0.25, 0.3) is 0 Å². The Morgan fingerprint density at radius 2 is 2.00 bits per heavy atom. The predicted molar refractivity (Wildman–Crippen MR) is 45.4 cm³/mol. The molecule has 0 bridgehead atoms. The number of ether oxygens (including phenoxy) is 4. The quantitative estimate of drug-likeness (QED) is 0.466. The summed E-state index contributed by atoms with van der Waals surface area (Å²) in [6, 6.07) is 0. The fraction of sp³-hybridized carbons (Fsp3) is 1.00. The summed E-state index contributed by atoms with van der Waals surface area (Å²) < 4.78 is 21.7. The first kappa shape index (κ1) is 9.40. The van der Waals surface area contributed by atoms with E-state index in [0.717, 1.165) is 0 Å². The van der Waals surface area contributed by atoms with Crippen molar-refractivity contribution < 1.29 is 18.9 Å². The Bertz CT molecular complexity index is 167. The zero-order chi connectivity index (χ0) is 9.26. The van der Waals surface area contributed by atoms with Crippen LogP contribution in [-0.4, -0.2) is 44.4 Å². The maximum atomic E-state index is 5.51. The predicted octanol–water partition coefficient (Wildman–Crippen LogP) is 0.552. The van der Waals surface area contributed by atoms with Crippen molar-refractivity contribution in [2.75, 3.05) is 19.8 Å². The van der Waals surface area contributed by atoms with Gasteiger partial charge in [-0.05, 0) is 13.8 Å². The lowest BCUT2D eigenvalue weighted by Gasteiger charge is -2.23. The van der Waals surface area contributed by atoms with Crippen LogP contribution in [-0.2, 0) is 18.9 Å². The Hall–Kier alpha value is -0.160. The molecular weight excluding hydrogens is 172 g/mol. The summed E-state index contributed by atoms with van der Waals surface area (Å²) in [6.07, 6.45) is 0.230. The summed E-state index contributed by atoms with van der Waals surface area (Å²) in [7, 11) is 0. The molecular formula is C9H16O4. The smallest absolute Gasteiger partial charge is 0.186 e. The van der Waals surface area contributed by atoms with Gasteiger partial charge < -0.3 is 18.9 Å². The number of epoxide rings is 1. The van der Waals surface area contributed by atoms with Gasteiger partial charge in [-0.25, -0.2) is 0 Å². The number of hydrogen-bond donors (Lipinski definition) is 0. The van der Waals surface area contributed by atoms with E-state index in [1.807, 2.05) is 13.8 Å². The molecule has 0 spiro atoms. The number of rotatable bonds is 5. The normalized spacial score (nSPS) is 36.7. The van der Waals surface area contributed by atoms with Crippen LogP contribution in [0.1, 0.15) is 13.8 Å². The van der Waals surface area contributed by atoms with Crippen LogP contribution in [0.5, 0.6) is 0 Å². The van der Waals surface area contributed by atoms with E-state index >= 15 is 0 Å². The van der Waals surface area contributed by atoms with E-state index in [9.17, 15) is 0 Å². The minimum Gasteiger partial charge on any atom is -0.367 e. The summed E-state index contributed by atoms with van der Waals surface area (Å²) in [5.41, 5.74) is 0. The largest absolute Gasteiger partial charge is 0.367 e. The summed E-state index contributed by atoms with van der Waals surface area (Å²) in [6.45, 7) is 5.87. The molecule has 2 aliphatic rings. The van der Waals surface area contributed by atoms with Gasteiger partial charge in [0.05, 0.1) is 6.61 Å². The monoisotopic (exact) mass is 188 g/mol. The first-order valence-corrected chi connectivity index (χ1v) is 4.87. The maximum absolute atomic E-state index is 5.51. The molecule has 0 radical (unpaired) electrons. The van der Waals surface area contributed by atoms with Crippen LogP contribution >= 0.6 is 0 Å². The van der Waals surface area contributed by atoms with Gasteiger partial charge in [0, 0.05) is 13.2 Å². The van der Waals surface area contributed by atoms with E-state index in [4.69, 9.17) is 18.9 Å². The van der Waals surface area contributed by atoms with E-state index in [-0.39, 0.29) is 18.5 Å². The molecule has 0 amide bonds. The molecule has 2 rings (SSSR count). The topological polar surface area (TPSA) is 40.2 Å². The van der Waals surface area contributed by atoms with Crippen molar-refractivity contribution in [1.82, 2.24) is 0 Å². The molecule has 3 atom stereocenters. The minimum absolute atomic E-state index is 0.0232. The molecule has 2 aliphatic heterocycles. The molecule has 0 aromatic rings. The van der Waals surface area contributed by atoms with Crippen molar-refractivity contribution >= 4 is 0 Å². The molecule has 0 aromatic heterocycles. The third kappa shape index (κ3) is 1.86. The second-order valence-electron chi connectivity index (χ2n) is 3.22. The lowest BCUT2D eigenvalue weighted by atomic mass is 10.2. The second kappa shape index (κ2) is 3.92. The van der Waals surface area contributed by atoms with E-state index in [2.05, 4.69) is 0 Å². The Labute approximate surface area is 78.1 Å². The first-order valence-electron chi connectivity index (χ1n) is 4.87. The highest BCUT2D eigenvalue weighted by Crippen LogP contribution is 2.36. The summed E-state index contributed by atoms with van der Waals surface area (Å²) in [4.78, 5) is 0. The highest BCUT2D eigenvalue weighted by molar-refractivity contribution is 4.98. The molecule has 76 valence electrons. The fourth-order valence-electron chi connectivity index (χ4n) is 1.68. The highest BCUT2D eigenvalue weighted by atomic mass is 16.7. The van der Waals surface area contributed by atoms with Gasteiger partial charge in [0.2, 0.25) is 0 Å². The first-order chi connectivity index (χ1) is 6.36. The molecule has 2 fully saturated rings. The van der Waals surface area contributed by atoms with Gasteiger partial charge in [0.15, 0.2) is 6.29 Å². The average molecular weight is 188 g/mol.